The van der Waals surface area contributed by atoms with E-state index in [9.17, 15) is 0 Å². The Morgan fingerprint density at radius 3 is 2.79 bits per heavy atom. The van der Waals surface area contributed by atoms with Crippen LogP contribution in [-0.4, -0.2) is 6.04 Å². The Bertz CT molecular complexity index is 551. The van der Waals surface area contributed by atoms with Crippen LogP contribution < -0.4 is 4.90 Å². The molecule has 0 atom stereocenters. The molecule has 0 unspecified atom stereocenters. The van der Waals surface area contributed by atoms with Gasteiger partial charge in [-0.1, -0.05) is 15.9 Å². The summed E-state index contributed by atoms with van der Waals surface area (Å²) in [6, 6.07) is 9.31. The second-order valence-corrected chi connectivity index (χ2v) is 6.86. The van der Waals surface area contributed by atoms with E-state index in [-0.39, 0.29) is 0 Å². The van der Waals surface area contributed by atoms with Crippen LogP contribution in [0.15, 0.2) is 39.5 Å². The summed E-state index contributed by atoms with van der Waals surface area (Å²) >= 11 is 11.4. The Hall–Kier alpha value is -0.510. The number of alkyl halides is 1. The van der Waals surface area contributed by atoms with Crippen LogP contribution in [0.1, 0.15) is 24.0 Å². The topological polar surface area (TPSA) is 3.24 Å². The summed E-state index contributed by atoms with van der Waals surface area (Å²) in [5.74, 6) is 0.557. The average Bonchev–Trinajstić information content (AvgIpc) is 3.13. The van der Waals surface area contributed by atoms with Crippen LogP contribution in [0.3, 0.4) is 0 Å². The van der Waals surface area contributed by atoms with Gasteiger partial charge in [-0.05, 0) is 59.0 Å². The van der Waals surface area contributed by atoms with Crippen molar-refractivity contribution in [3.05, 3.63) is 50.6 Å². The van der Waals surface area contributed by atoms with Gasteiger partial charge in [0, 0.05) is 28.6 Å². The SMILES string of the molecule is ClCc1cc(Br)ccc1N(Cc1ccsc1)C1CC1. The zero-order valence-electron chi connectivity index (χ0n) is 10.5. The van der Waals surface area contributed by atoms with Gasteiger partial charge in [0.25, 0.3) is 0 Å². The van der Waals surface area contributed by atoms with Gasteiger partial charge >= 0.3 is 0 Å². The van der Waals surface area contributed by atoms with Gasteiger partial charge < -0.3 is 4.90 Å². The highest BCUT2D eigenvalue weighted by Crippen LogP contribution is 2.36. The lowest BCUT2D eigenvalue weighted by Gasteiger charge is -2.26. The van der Waals surface area contributed by atoms with Crippen molar-refractivity contribution in [2.24, 2.45) is 0 Å². The fraction of sp³-hybridized carbons (Fsp3) is 0.333. The Labute approximate surface area is 131 Å². The molecule has 1 aromatic carbocycles. The predicted octanol–water partition coefficient (Wildman–Crippen LogP) is 5.42. The van der Waals surface area contributed by atoms with E-state index < -0.39 is 0 Å². The highest BCUT2D eigenvalue weighted by molar-refractivity contribution is 9.10. The lowest BCUT2D eigenvalue weighted by Crippen LogP contribution is -2.25. The van der Waals surface area contributed by atoms with Crippen LogP contribution in [0.25, 0.3) is 0 Å². The highest BCUT2D eigenvalue weighted by atomic mass is 79.9. The summed E-state index contributed by atoms with van der Waals surface area (Å²) in [6.07, 6.45) is 2.59. The molecule has 0 radical (unpaired) electrons. The van der Waals surface area contributed by atoms with Crippen LogP contribution in [0, 0.1) is 0 Å². The monoisotopic (exact) mass is 355 g/mol. The van der Waals surface area contributed by atoms with Gasteiger partial charge in [0.05, 0.1) is 0 Å². The van der Waals surface area contributed by atoms with Crippen molar-refractivity contribution in [1.82, 2.24) is 0 Å². The molecule has 100 valence electrons. The van der Waals surface area contributed by atoms with Crippen LogP contribution in [0.2, 0.25) is 0 Å². The molecule has 0 amide bonds. The van der Waals surface area contributed by atoms with Gasteiger partial charge in [-0.3, -0.25) is 0 Å². The molecular formula is C15H15BrClNS. The van der Waals surface area contributed by atoms with E-state index in [2.05, 4.69) is 55.9 Å². The predicted molar refractivity (Wildman–Crippen MR) is 87.2 cm³/mol. The first-order chi connectivity index (χ1) is 9.28. The first-order valence-corrected chi connectivity index (χ1v) is 8.67. The Morgan fingerprint density at radius 1 is 1.32 bits per heavy atom. The molecule has 0 aliphatic heterocycles. The summed E-state index contributed by atoms with van der Waals surface area (Å²) in [7, 11) is 0. The third-order valence-electron chi connectivity index (χ3n) is 3.42. The summed E-state index contributed by atoms with van der Waals surface area (Å²) in [4.78, 5) is 2.51. The van der Waals surface area contributed by atoms with Crippen LogP contribution >= 0.6 is 38.9 Å². The second-order valence-electron chi connectivity index (χ2n) is 4.90. The van der Waals surface area contributed by atoms with E-state index in [1.807, 2.05) is 0 Å². The van der Waals surface area contributed by atoms with Crippen molar-refractivity contribution in [3.63, 3.8) is 0 Å². The number of anilines is 1. The van der Waals surface area contributed by atoms with Crippen molar-refractivity contribution >= 4 is 44.6 Å². The maximum Gasteiger partial charge on any atom is 0.0494 e. The number of hydrogen-bond donors (Lipinski definition) is 0. The van der Waals surface area contributed by atoms with E-state index >= 15 is 0 Å². The molecule has 1 aromatic heterocycles. The van der Waals surface area contributed by atoms with Crippen LogP contribution in [0.5, 0.6) is 0 Å². The van der Waals surface area contributed by atoms with E-state index in [1.54, 1.807) is 11.3 Å². The minimum Gasteiger partial charge on any atom is -0.364 e. The maximum atomic E-state index is 6.11. The van der Waals surface area contributed by atoms with E-state index in [1.165, 1.54) is 29.7 Å². The lowest BCUT2D eigenvalue weighted by atomic mass is 10.1. The summed E-state index contributed by atoms with van der Waals surface area (Å²) in [5.41, 5.74) is 3.88. The van der Waals surface area contributed by atoms with Gasteiger partial charge in [-0.15, -0.1) is 11.6 Å². The Morgan fingerprint density at radius 2 is 2.16 bits per heavy atom. The number of nitrogens with zero attached hydrogens (tertiary/aromatic N) is 1. The molecule has 0 bridgehead atoms. The minimum absolute atomic E-state index is 0.557. The first kappa shape index (κ1) is 13.5. The van der Waals surface area contributed by atoms with E-state index in [0.29, 0.717) is 11.9 Å². The molecular weight excluding hydrogens is 342 g/mol. The van der Waals surface area contributed by atoms with Gasteiger partial charge in [0.2, 0.25) is 0 Å². The first-order valence-electron chi connectivity index (χ1n) is 6.40. The number of hydrogen-bond acceptors (Lipinski definition) is 2. The Balaban J connectivity index is 1.91. The average molecular weight is 357 g/mol. The summed E-state index contributed by atoms with van der Waals surface area (Å²) < 4.78 is 1.10. The van der Waals surface area contributed by atoms with Crippen molar-refractivity contribution in [3.8, 4) is 0 Å². The zero-order valence-corrected chi connectivity index (χ0v) is 13.6. The van der Waals surface area contributed by atoms with Crippen molar-refractivity contribution in [2.45, 2.75) is 31.3 Å². The summed E-state index contributed by atoms with van der Waals surface area (Å²) in [5, 5.41) is 4.37. The molecule has 1 saturated carbocycles. The molecule has 0 spiro atoms. The third kappa shape index (κ3) is 3.15. The molecule has 3 rings (SSSR count). The molecule has 4 heteroatoms. The second kappa shape index (κ2) is 5.86. The molecule has 2 aromatic rings. The number of rotatable bonds is 5. The standard InChI is InChI=1S/C15H15BrClNS/c16-13-1-4-15(12(7-13)8-17)18(14-2-3-14)9-11-5-6-19-10-11/h1,4-7,10,14H,2-3,8-9H2. The molecule has 1 aliphatic carbocycles. The minimum atomic E-state index is 0.557. The zero-order chi connectivity index (χ0) is 13.2. The maximum absolute atomic E-state index is 6.11. The molecule has 19 heavy (non-hydrogen) atoms. The fourth-order valence-electron chi connectivity index (χ4n) is 2.32. The van der Waals surface area contributed by atoms with E-state index in [4.69, 9.17) is 11.6 Å². The fourth-order valence-corrected chi connectivity index (χ4v) is 3.60. The van der Waals surface area contributed by atoms with Gasteiger partial charge in [-0.2, -0.15) is 11.3 Å². The molecule has 0 saturated heterocycles. The van der Waals surface area contributed by atoms with Gasteiger partial charge in [0.1, 0.15) is 0 Å². The molecule has 1 heterocycles. The van der Waals surface area contributed by atoms with Gasteiger partial charge in [0.15, 0.2) is 0 Å². The quantitative estimate of drug-likeness (QED) is 0.647. The van der Waals surface area contributed by atoms with Crippen LogP contribution in [0.4, 0.5) is 5.69 Å². The normalized spacial score (nSPS) is 14.6. The smallest absolute Gasteiger partial charge is 0.0494 e. The van der Waals surface area contributed by atoms with Crippen molar-refractivity contribution in [2.75, 3.05) is 4.90 Å². The number of benzene rings is 1. The molecule has 1 nitrogen and oxygen atoms in total. The molecule has 0 N–H and O–H groups in total. The Kier molecular flexibility index (Phi) is 4.15. The lowest BCUT2D eigenvalue weighted by molar-refractivity contribution is 0.792. The third-order valence-corrected chi connectivity index (χ3v) is 4.93. The van der Waals surface area contributed by atoms with Gasteiger partial charge in [-0.25, -0.2) is 0 Å². The largest absolute Gasteiger partial charge is 0.364 e. The molecule has 1 fully saturated rings. The molecule has 1 aliphatic rings. The summed E-state index contributed by atoms with van der Waals surface area (Å²) in [6.45, 7) is 0.986. The van der Waals surface area contributed by atoms with Crippen molar-refractivity contribution in [1.29, 1.82) is 0 Å². The van der Waals surface area contributed by atoms with Crippen molar-refractivity contribution < 1.29 is 0 Å². The highest BCUT2D eigenvalue weighted by Gasteiger charge is 2.30. The number of halogens is 2. The number of thiophene rings is 1. The van der Waals surface area contributed by atoms with Crippen LogP contribution in [-0.2, 0) is 12.4 Å². The van der Waals surface area contributed by atoms with E-state index in [0.717, 1.165) is 11.0 Å².